The van der Waals surface area contributed by atoms with E-state index in [9.17, 15) is 4.39 Å². The zero-order valence-corrected chi connectivity index (χ0v) is 12.3. The zero-order chi connectivity index (χ0) is 13.1. The van der Waals surface area contributed by atoms with Crippen LogP contribution < -0.4 is 5.32 Å². The monoisotopic (exact) mass is 347 g/mol. The van der Waals surface area contributed by atoms with Crippen LogP contribution in [0.1, 0.15) is 5.56 Å². The van der Waals surface area contributed by atoms with E-state index in [1.165, 1.54) is 12.1 Å². The molecule has 0 spiro atoms. The molecule has 94 valence electrons. The van der Waals surface area contributed by atoms with Gasteiger partial charge in [-0.3, -0.25) is 0 Å². The summed E-state index contributed by atoms with van der Waals surface area (Å²) in [6.07, 6.45) is 0. The largest absolute Gasteiger partial charge is 0.380 e. The Morgan fingerprint density at radius 2 is 1.78 bits per heavy atom. The lowest BCUT2D eigenvalue weighted by molar-refractivity contribution is 0.628. The second kappa shape index (κ2) is 5.91. The quantitative estimate of drug-likeness (QED) is 0.771. The molecule has 0 radical (unpaired) electrons. The molecule has 0 saturated carbocycles. The van der Waals surface area contributed by atoms with Crippen molar-refractivity contribution in [2.75, 3.05) is 5.32 Å². The maximum absolute atomic E-state index is 13.1. The van der Waals surface area contributed by atoms with Crippen LogP contribution in [0, 0.1) is 5.82 Å². The Hall–Kier alpha value is -0.770. The van der Waals surface area contributed by atoms with E-state index in [4.69, 9.17) is 23.2 Å². The number of hydrogen-bond acceptors (Lipinski definition) is 1. The molecule has 0 fully saturated rings. The Morgan fingerprint density at radius 1 is 1.11 bits per heavy atom. The molecule has 1 nitrogen and oxygen atoms in total. The molecule has 2 aromatic rings. The first kappa shape index (κ1) is 13.7. The highest BCUT2D eigenvalue weighted by Crippen LogP contribution is 2.27. The Morgan fingerprint density at radius 3 is 2.44 bits per heavy atom. The van der Waals surface area contributed by atoms with Crippen molar-refractivity contribution in [2.24, 2.45) is 0 Å². The minimum absolute atomic E-state index is 0.300. The molecule has 0 bridgehead atoms. The van der Waals surface area contributed by atoms with Crippen LogP contribution in [0.4, 0.5) is 10.1 Å². The molecule has 0 aliphatic rings. The number of nitrogens with one attached hydrogen (secondary N) is 1. The average Bonchev–Trinajstić information content (AvgIpc) is 2.33. The fraction of sp³-hybridized carbons (Fsp3) is 0.0769. The number of benzene rings is 2. The third-order valence-electron chi connectivity index (χ3n) is 2.45. The van der Waals surface area contributed by atoms with Gasteiger partial charge in [0.2, 0.25) is 0 Å². The second-order valence-electron chi connectivity index (χ2n) is 3.68. The second-order valence-corrected chi connectivity index (χ2v) is 5.35. The summed E-state index contributed by atoms with van der Waals surface area (Å²) in [4.78, 5) is 0. The highest BCUT2D eigenvalue weighted by molar-refractivity contribution is 9.10. The zero-order valence-electron chi connectivity index (χ0n) is 9.18. The minimum Gasteiger partial charge on any atom is -0.380 e. The van der Waals surface area contributed by atoms with Gasteiger partial charge >= 0.3 is 0 Å². The van der Waals surface area contributed by atoms with E-state index in [1.54, 1.807) is 24.3 Å². The molecule has 0 aliphatic carbocycles. The standard InChI is InChI=1S/C13H9BrCl2FN/c14-10-5-4-8(17)6-13(10)18-7-9-11(15)2-1-3-12(9)16/h1-6,18H,7H2. The van der Waals surface area contributed by atoms with E-state index in [0.717, 1.165) is 10.0 Å². The van der Waals surface area contributed by atoms with E-state index in [2.05, 4.69) is 21.2 Å². The molecule has 0 saturated heterocycles. The van der Waals surface area contributed by atoms with Gasteiger partial charge in [0.05, 0.1) is 5.69 Å². The van der Waals surface area contributed by atoms with Gasteiger partial charge in [-0.05, 0) is 46.3 Å². The summed E-state index contributed by atoms with van der Waals surface area (Å²) in [5, 5.41) is 4.27. The molecule has 1 N–H and O–H groups in total. The van der Waals surface area contributed by atoms with Crippen LogP contribution in [0.15, 0.2) is 40.9 Å². The van der Waals surface area contributed by atoms with E-state index >= 15 is 0 Å². The summed E-state index contributed by atoms with van der Waals surface area (Å²) in [5.74, 6) is -0.300. The molecular weight excluding hydrogens is 340 g/mol. The molecule has 0 heterocycles. The summed E-state index contributed by atoms with van der Waals surface area (Å²) in [7, 11) is 0. The first-order chi connectivity index (χ1) is 8.58. The molecule has 18 heavy (non-hydrogen) atoms. The van der Waals surface area contributed by atoms with Gasteiger partial charge < -0.3 is 5.32 Å². The highest BCUT2D eigenvalue weighted by atomic mass is 79.9. The first-order valence-corrected chi connectivity index (χ1v) is 6.74. The van der Waals surface area contributed by atoms with Crippen molar-refractivity contribution < 1.29 is 4.39 Å². The Kier molecular flexibility index (Phi) is 4.49. The predicted octanol–water partition coefficient (Wildman–Crippen LogP) is 5.51. The Balaban J connectivity index is 2.19. The summed E-state index contributed by atoms with van der Waals surface area (Å²) in [5.41, 5.74) is 1.45. The van der Waals surface area contributed by atoms with Gasteiger partial charge in [0.15, 0.2) is 0 Å². The number of halogens is 4. The summed E-state index contributed by atoms with van der Waals surface area (Å²) >= 11 is 15.5. The van der Waals surface area contributed by atoms with Gasteiger partial charge in [0, 0.05) is 26.6 Å². The van der Waals surface area contributed by atoms with Crippen molar-refractivity contribution in [3.63, 3.8) is 0 Å². The fourth-order valence-corrected chi connectivity index (χ4v) is 2.44. The number of anilines is 1. The lowest BCUT2D eigenvalue weighted by Gasteiger charge is -2.11. The number of rotatable bonds is 3. The van der Waals surface area contributed by atoms with E-state index in [1.807, 2.05) is 0 Å². The van der Waals surface area contributed by atoms with Gasteiger partial charge in [-0.1, -0.05) is 29.3 Å². The van der Waals surface area contributed by atoms with Crippen molar-refractivity contribution in [2.45, 2.75) is 6.54 Å². The van der Waals surface area contributed by atoms with Gasteiger partial charge in [-0.15, -0.1) is 0 Å². The lowest BCUT2D eigenvalue weighted by atomic mass is 10.2. The fourth-order valence-electron chi connectivity index (χ4n) is 1.52. The average molecular weight is 349 g/mol. The molecule has 0 aliphatic heterocycles. The predicted molar refractivity (Wildman–Crippen MR) is 77.9 cm³/mol. The minimum atomic E-state index is -0.300. The highest BCUT2D eigenvalue weighted by Gasteiger charge is 2.07. The maximum atomic E-state index is 13.1. The SMILES string of the molecule is Fc1ccc(Br)c(NCc2c(Cl)cccc2Cl)c1. The molecule has 0 aromatic heterocycles. The molecule has 5 heteroatoms. The number of hydrogen-bond donors (Lipinski definition) is 1. The molecular formula is C13H9BrCl2FN. The normalized spacial score (nSPS) is 10.4. The van der Waals surface area contributed by atoms with Gasteiger partial charge in [-0.25, -0.2) is 4.39 Å². The van der Waals surface area contributed by atoms with Crippen molar-refractivity contribution >= 4 is 44.8 Å². The van der Waals surface area contributed by atoms with Crippen LogP contribution in [-0.4, -0.2) is 0 Å². The molecule has 0 atom stereocenters. The van der Waals surface area contributed by atoms with Crippen LogP contribution in [-0.2, 0) is 6.54 Å². The van der Waals surface area contributed by atoms with Gasteiger partial charge in [0.1, 0.15) is 5.82 Å². The van der Waals surface area contributed by atoms with E-state index in [0.29, 0.717) is 22.3 Å². The summed E-state index contributed by atoms with van der Waals surface area (Å²) < 4.78 is 13.9. The van der Waals surface area contributed by atoms with Crippen LogP contribution in [0.5, 0.6) is 0 Å². The smallest absolute Gasteiger partial charge is 0.125 e. The van der Waals surface area contributed by atoms with Crippen LogP contribution in [0.2, 0.25) is 10.0 Å². The third kappa shape index (κ3) is 3.16. The molecule has 0 amide bonds. The summed E-state index contributed by atoms with van der Waals surface area (Å²) in [6, 6.07) is 9.76. The van der Waals surface area contributed by atoms with Crippen molar-refractivity contribution in [3.05, 3.63) is 62.3 Å². The van der Waals surface area contributed by atoms with Crippen molar-refractivity contribution in [3.8, 4) is 0 Å². The van der Waals surface area contributed by atoms with E-state index in [-0.39, 0.29) is 5.82 Å². The van der Waals surface area contributed by atoms with Crippen molar-refractivity contribution in [1.29, 1.82) is 0 Å². The maximum Gasteiger partial charge on any atom is 0.125 e. The Labute approximate surface area is 123 Å². The molecule has 0 unspecified atom stereocenters. The van der Waals surface area contributed by atoms with Crippen LogP contribution >= 0.6 is 39.1 Å². The lowest BCUT2D eigenvalue weighted by Crippen LogP contribution is -2.02. The summed E-state index contributed by atoms with van der Waals surface area (Å²) in [6.45, 7) is 0.431. The Bertz CT molecular complexity index is 555. The van der Waals surface area contributed by atoms with E-state index < -0.39 is 0 Å². The van der Waals surface area contributed by atoms with Gasteiger partial charge in [0.25, 0.3) is 0 Å². The van der Waals surface area contributed by atoms with Crippen molar-refractivity contribution in [1.82, 2.24) is 0 Å². The third-order valence-corrected chi connectivity index (χ3v) is 3.85. The topological polar surface area (TPSA) is 12.0 Å². The van der Waals surface area contributed by atoms with Crippen LogP contribution in [0.3, 0.4) is 0 Å². The van der Waals surface area contributed by atoms with Gasteiger partial charge in [-0.2, -0.15) is 0 Å². The first-order valence-electron chi connectivity index (χ1n) is 5.20. The molecule has 2 rings (SSSR count). The van der Waals surface area contributed by atoms with Crippen LogP contribution in [0.25, 0.3) is 0 Å². The molecule has 2 aromatic carbocycles.